The number of hydrogen-bond donors (Lipinski definition) is 1. The van der Waals surface area contributed by atoms with Crippen LogP contribution in [0.15, 0.2) is 4.47 Å². The number of carboxylic acid groups (broad SMARTS) is 1. The number of halogens is 1. The summed E-state index contributed by atoms with van der Waals surface area (Å²) in [6.45, 7) is 5.92. The second-order valence-electron chi connectivity index (χ2n) is 3.97. The summed E-state index contributed by atoms with van der Waals surface area (Å²) in [6.07, 6.45) is -0.926. The summed E-state index contributed by atoms with van der Waals surface area (Å²) in [6, 6.07) is -0.0632. The van der Waals surface area contributed by atoms with E-state index in [2.05, 4.69) is 21.0 Å². The number of hydrogen-bond acceptors (Lipinski definition) is 2. The van der Waals surface area contributed by atoms with Crippen LogP contribution in [0, 0.1) is 6.92 Å². The fourth-order valence-electron chi connectivity index (χ4n) is 1.38. The van der Waals surface area contributed by atoms with E-state index in [0.717, 1.165) is 15.9 Å². The molecule has 0 saturated carbocycles. The Kier molecular flexibility index (Phi) is 3.96. The molecule has 1 amide bonds. The lowest BCUT2D eigenvalue weighted by atomic mass is 10.3. The van der Waals surface area contributed by atoms with E-state index in [1.165, 1.54) is 4.90 Å². The van der Waals surface area contributed by atoms with Crippen LogP contribution in [0.5, 0.6) is 0 Å². The summed E-state index contributed by atoms with van der Waals surface area (Å²) in [5.41, 5.74) is 1.74. The molecule has 90 valence electrons. The van der Waals surface area contributed by atoms with Gasteiger partial charge >= 0.3 is 6.09 Å². The van der Waals surface area contributed by atoms with Crippen molar-refractivity contribution in [2.75, 3.05) is 0 Å². The number of rotatable bonds is 3. The second kappa shape index (κ2) is 4.86. The quantitative estimate of drug-likeness (QED) is 0.929. The lowest BCUT2D eigenvalue weighted by Gasteiger charge is -2.22. The maximum absolute atomic E-state index is 11.0. The average molecular weight is 290 g/mol. The maximum atomic E-state index is 11.0. The van der Waals surface area contributed by atoms with E-state index in [4.69, 9.17) is 5.11 Å². The molecule has 1 rings (SSSR count). The molecule has 0 fully saturated rings. The summed E-state index contributed by atoms with van der Waals surface area (Å²) in [4.78, 5) is 12.4. The van der Waals surface area contributed by atoms with Crippen LogP contribution >= 0.6 is 15.9 Å². The zero-order valence-corrected chi connectivity index (χ0v) is 11.4. The Morgan fingerprint density at radius 3 is 2.50 bits per heavy atom. The van der Waals surface area contributed by atoms with Crippen molar-refractivity contribution in [3.05, 3.63) is 15.9 Å². The van der Waals surface area contributed by atoms with Gasteiger partial charge < -0.3 is 5.11 Å². The zero-order chi connectivity index (χ0) is 12.5. The monoisotopic (exact) mass is 289 g/mol. The van der Waals surface area contributed by atoms with Gasteiger partial charge in [0.2, 0.25) is 0 Å². The molecule has 6 heteroatoms. The van der Waals surface area contributed by atoms with Gasteiger partial charge in [-0.05, 0) is 36.7 Å². The first-order valence-electron chi connectivity index (χ1n) is 5.02. The third-order valence-corrected chi connectivity index (χ3v) is 3.55. The number of amides is 1. The molecule has 1 aromatic heterocycles. The largest absolute Gasteiger partial charge is 0.465 e. The van der Waals surface area contributed by atoms with E-state index in [1.54, 1.807) is 4.68 Å². The molecule has 0 aliphatic heterocycles. The van der Waals surface area contributed by atoms with Crippen LogP contribution in [0.3, 0.4) is 0 Å². The van der Waals surface area contributed by atoms with Crippen molar-refractivity contribution in [1.82, 2.24) is 14.7 Å². The second-order valence-corrected chi connectivity index (χ2v) is 4.77. The predicted octanol–water partition coefficient (Wildman–Crippen LogP) is 2.38. The van der Waals surface area contributed by atoms with Crippen LogP contribution in [0.25, 0.3) is 0 Å². The van der Waals surface area contributed by atoms with Crippen molar-refractivity contribution in [2.45, 2.75) is 33.4 Å². The molecule has 1 N–H and O–H groups in total. The van der Waals surface area contributed by atoms with Gasteiger partial charge in [-0.25, -0.2) is 4.79 Å². The summed E-state index contributed by atoms with van der Waals surface area (Å²) in [7, 11) is 1.84. The van der Waals surface area contributed by atoms with E-state index in [0.29, 0.717) is 6.54 Å². The van der Waals surface area contributed by atoms with Crippen molar-refractivity contribution in [3.8, 4) is 0 Å². The van der Waals surface area contributed by atoms with Crippen molar-refractivity contribution >= 4 is 22.0 Å². The van der Waals surface area contributed by atoms with E-state index >= 15 is 0 Å². The normalized spacial score (nSPS) is 10.9. The molecule has 16 heavy (non-hydrogen) atoms. The van der Waals surface area contributed by atoms with Crippen LogP contribution in [0.2, 0.25) is 0 Å². The lowest BCUT2D eigenvalue weighted by molar-refractivity contribution is 0.127. The van der Waals surface area contributed by atoms with Crippen LogP contribution in [-0.2, 0) is 13.6 Å². The lowest BCUT2D eigenvalue weighted by Crippen LogP contribution is -2.35. The Morgan fingerprint density at radius 1 is 1.62 bits per heavy atom. The van der Waals surface area contributed by atoms with Gasteiger partial charge in [-0.15, -0.1) is 0 Å². The van der Waals surface area contributed by atoms with Gasteiger partial charge in [-0.3, -0.25) is 9.58 Å². The SMILES string of the molecule is Cc1c(Br)c(CN(C(=O)O)C(C)C)nn1C. The average Bonchev–Trinajstić information content (AvgIpc) is 2.41. The summed E-state index contributed by atoms with van der Waals surface area (Å²) < 4.78 is 2.61. The van der Waals surface area contributed by atoms with Gasteiger partial charge in [0.1, 0.15) is 0 Å². The molecule has 0 atom stereocenters. The molecular formula is C10H16BrN3O2. The van der Waals surface area contributed by atoms with Gasteiger partial charge in [0.25, 0.3) is 0 Å². The maximum Gasteiger partial charge on any atom is 0.407 e. The van der Waals surface area contributed by atoms with E-state index < -0.39 is 6.09 Å². The van der Waals surface area contributed by atoms with Gasteiger partial charge in [0.15, 0.2) is 0 Å². The summed E-state index contributed by atoms with van der Waals surface area (Å²) in [5.74, 6) is 0. The van der Waals surface area contributed by atoms with Crippen molar-refractivity contribution in [2.24, 2.45) is 7.05 Å². The Morgan fingerprint density at radius 2 is 2.19 bits per heavy atom. The molecule has 1 heterocycles. The summed E-state index contributed by atoms with van der Waals surface area (Å²) in [5, 5.41) is 13.3. The van der Waals surface area contributed by atoms with Gasteiger partial charge in [-0.2, -0.15) is 5.10 Å². The van der Waals surface area contributed by atoms with Crippen molar-refractivity contribution in [1.29, 1.82) is 0 Å². The molecule has 5 nitrogen and oxygen atoms in total. The third kappa shape index (κ3) is 2.55. The van der Waals surface area contributed by atoms with Crippen molar-refractivity contribution < 1.29 is 9.90 Å². The van der Waals surface area contributed by atoms with Crippen LogP contribution in [-0.4, -0.2) is 31.9 Å². The first kappa shape index (κ1) is 13.0. The van der Waals surface area contributed by atoms with E-state index in [1.807, 2.05) is 27.8 Å². The molecule has 0 radical (unpaired) electrons. The fourth-order valence-corrected chi connectivity index (χ4v) is 1.85. The van der Waals surface area contributed by atoms with Crippen LogP contribution < -0.4 is 0 Å². The van der Waals surface area contributed by atoms with Crippen molar-refractivity contribution in [3.63, 3.8) is 0 Å². The number of aryl methyl sites for hydroxylation is 1. The highest BCUT2D eigenvalue weighted by atomic mass is 79.9. The Hall–Kier alpha value is -1.04. The van der Waals surface area contributed by atoms with Gasteiger partial charge in [0.05, 0.1) is 16.7 Å². The molecule has 0 aliphatic carbocycles. The molecule has 0 bridgehead atoms. The standard InChI is InChI=1S/C10H16BrN3O2/c1-6(2)14(10(15)16)5-8-9(11)7(3)13(4)12-8/h6H,5H2,1-4H3,(H,15,16). The Labute approximate surface area is 103 Å². The first-order chi connectivity index (χ1) is 7.34. The highest BCUT2D eigenvalue weighted by Crippen LogP contribution is 2.22. The molecular weight excluding hydrogens is 274 g/mol. The smallest absolute Gasteiger partial charge is 0.407 e. The zero-order valence-electron chi connectivity index (χ0n) is 9.86. The Bertz CT molecular complexity index is 401. The molecule has 0 aliphatic rings. The first-order valence-corrected chi connectivity index (χ1v) is 5.81. The minimum atomic E-state index is -0.926. The minimum absolute atomic E-state index is 0.0632. The number of nitrogens with zero attached hydrogens (tertiary/aromatic N) is 3. The highest BCUT2D eigenvalue weighted by molar-refractivity contribution is 9.10. The molecule has 0 aromatic carbocycles. The van der Waals surface area contributed by atoms with E-state index in [-0.39, 0.29) is 6.04 Å². The molecule has 0 unspecified atom stereocenters. The summed E-state index contributed by atoms with van der Waals surface area (Å²) >= 11 is 3.42. The third-order valence-electron chi connectivity index (χ3n) is 2.52. The predicted molar refractivity (Wildman–Crippen MR) is 64.3 cm³/mol. The van der Waals surface area contributed by atoms with Crippen LogP contribution in [0.4, 0.5) is 4.79 Å². The topological polar surface area (TPSA) is 58.4 Å². The molecule has 0 saturated heterocycles. The van der Waals surface area contributed by atoms with Gasteiger partial charge in [-0.1, -0.05) is 0 Å². The Balaban J connectivity index is 2.94. The molecule has 1 aromatic rings. The molecule has 0 spiro atoms. The number of aromatic nitrogens is 2. The number of carbonyl (C=O) groups is 1. The highest BCUT2D eigenvalue weighted by Gasteiger charge is 2.20. The fraction of sp³-hybridized carbons (Fsp3) is 0.600. The van der Waals surface area contributed by atoms with Gasteiger partial charge in [0, 0.05) is 18.8 Å². The van der Waals surface area contributed by atoms with Crippen LogP contribution in [0.1, 0.15) is 25.2 Å². The minimum Gasteiger partial charge on any atom is -0.465 e. The van der Waals surface area contributed by atoms with E-state index in [9.17, 15) is 4.79 Å².